The van der Waals surface area contributed by atoms with E-state index in [4.69, 9.17) is 4.74 Å². The van der Waals surface area contributed by atoms with Crippen LogP contribution in [0, 0.1) is 0 Å². The van der Waals surface area contributed by atoms with Gasteiger partial charge in [-0.3, -0.25) is 9.00 Å². The molecule has 2 atom stereocenters. The molecule has 0 saturated carbocycles. The van der Waals surface area contributed by atoms with Crippen molar-refractivity contribution < 1.29 is 13.7 Å². The first-order chi connectivity index (χ1) is 7.56. The van der Waals surface area contributed by atoms with Gasteiger partial charge in [0.05, 0.1) is 6.54 Å². The summed E-state index contributed by atoms with van der Waals surface area (Å²) in [5.41, 5.74) is 0. The van der Waals surface area contributed by atoms with Crippen LogP contribution in [0.15, 0.2) is 0 Å². The van der Waals surface area contributed by atoms with Gasteiger partial charge in [-0.1, -0.05) is 0 Å². The molecule has 0 aromatic rings. The fourth-order valence-corrected chi connectivity index (χ4v) is 2.01. The molecular formula is C10H22N2O3S. The number of nitrogens with one attached hydrogen (secondary N) is 2. The molecule has 0 saturated heterocycles. The van der Waals surface area contributed by atoms with Crippen LogP contribution in [0.5, 0.6) is 0 Å². The lowest BCUT2D eigenvalue weighted by Crippen LogP contribution is -2.40. The third-order valence-corrected chi connectivity index (χ3v) is 2.91. The summed E-state index contributed by atoms with van der Waals surface area (Å²) < 4.78 is 15.8. The number of carbonyl (C=O) groups excluding carboxylic acids is 1. The van der Waals surface area contributed by atoms with Crippen LogP contribution in [0.3, 0.4) is 0 Å². The minimum absolute atomic E-state index is 0.0372. The van der Waals surface area contributed by atoms with E-state index >= 15 is 0 Å². The van der Waals surface area contributed by atoms with Gasteiger partial charge >= 0.3 is 0 Å². The summed E-state index contributed by atoms with van der Waals surface area (Å²) in [5.74, 6) is 0.529. The third-order valence-electron chi connectivity index (χ3n) is 1.94. The molecule has 0 aliphatic rings. The van der Waals surface area contributed by atoms with Crippen LogP contribution in [0.4, 0.5) is 0 Å². The van der Waals surface area contributed by atoms with Crippen molar-refractivity contribution in [1.82, 2.24) is 10.6 Å². The maximum atomic E-state index is 11.3. The molecule has 0 heterocycles. The standard InChI is InChI=1S/C10H22N2O3S/c1-9(8-16(3)14)12-7-10(13)11-5-4-6-15-2/h9,12H,4-8H2,1-3H3,(H,11,13). The molecule has 2 unspecified atom stereocenters. The lowest BCUT2D eigenvalue weighted by atomic mass is 10.4. The molecule has 96 valence electrons. The van der Waals surface area contributed by atoms with E-state index in [1.807, 2.05) is 6.92 Å². The van der Waals surface area contributed by atoms with E-state index in [0.717, 1.165) is 6.42 Å². The first-order valence-electron chi connectivity index (χ1n) is 5.35. The van der Waals surface area contributed by atoms with Crippen molar-refractivity contribution in [2.24, 2.45) is 0 Å². The summed E-state index contributed by atoms with van der Waals surface area (Å²) in [6, 6.07) is 0.0931. The fraction of sp³-hybridized carbons (Fsp3) is 0.900. The Bertz CT molecular complexity index is 224. The lowest BCUT2D eigenvalue weighted by molar-refractivity contribution is -0.120. The van der Waals surface area contributed by atoms with Crippen LogP contribution in [0.2, 0.25) is 0 Å². The number of carbonyl (C=O) groups is 1. The van der Waals surface area contributed by atoms with Crippen LogP contribution in [0.25, 0.3) is 0 Å². The molecule has 0 spiro atoms. The zero-order valence-electron chi connectivity index (χ0n) is 10.2. The van der Waals surface area contributed by atoms with Crippen molar-refractivity contribution in [1.29, 1.82) is 0 Å². The minimum Gasteiger partial charge on any atom is -0.385 e. The highest BCUT2D eigenvalue weighted by Crippen LogP contribution is 1.85. The number of amides is 1. The number of rotatable bonds is 9. The molecule has 0 radical (unpaired) electrons. The molecule has 0 aliphatic heterocycles. The van der Waals surface area contributed by atoms with Crippen LogP contribution >= 0.6 is 0 Å². The molecule has 0 bridgehead atoms. The summed E-state index contributed by atoms with van der Waals surface area (Å²) in [5, 5.41) is 5.79. The van der Waals surface area contributed by atoms with Gasteiger partial charge in [-0.25, -0.2) is 0 Å². The second-order valence-corrected chi connectivity index (χ2v) is 5.20. The number of ether oxygens (including phenoxy) is 1. The Morgan fingerprint density at radius 1 is 1.50 bits per heavy atom. The Labute approximate surface area is 99.8 Å². The average Bonchev–Trinajstić information content (AvgIpc) is 2.20. The van der Waals surface area contributed by atoms with E-state index in [0.29, 0.717) is 18.9 Å². The predicted octanol–water partition coefficient (Wildman–Crippen LogP) is -0.504. The molecule has 0 fully saturated rings. The van der Waals surface area contributed by atoms with Gasteiger partial charge in [-0.05, 0) is 13.3 Å². The van der Waals surface area contributed by atoms with E-state index in [1.165, 1.54) is 0 Å². The summed E-state index contributed by atoms with van der Waals surface area (Å²) in [7, 11) is 0.806. The Morgan fingerprint density at radius 2 is 2.19 bits per heavy atom. The first kappa shape index (κ1) is 15.5. The molecule has 0 aliphatic carbocycles. The Kier molecular flexibility index (Phi) is 9.46. The zero-order valence-corrected chi connectivity index (χ0v) is 11.1. The van der Waals surface area contributed by atoms with Crippen molar-refractivity contribution in [2.75, 3.05) is 38.8 Å². The normalized spacial score (nSPS) is 14.4. The smallest absolute Gasteiger partial charge is 0.233 e. The van der Waals surface area contributed by atoms with Gasteiger partial charge in [0.2, 0.25) is 5.91 Å². The average molecular weight is 250 g/mol. The number of hydrogen-bond donors (Lipinski definition) is 2. The first-order valence-corrected chi connectivity index (χ1v) is 7.08. The van der Waals surface area contributed by atoms with Gasteiger partial charge in [0.15, 0.2) is 0 Å². The highest BCUT2D eigenvalue weighted by Gasteiger charge is 2.06. The van der Waals surface area contributed by atoms with E-state index in [9.17, 15) is 9.00 Å². The van der Waals surface area contributed by atoms with Gasteiger partial charge in [0.25, 0.3) is 0 Å². The van der Waals surface area contributed by atoms with E-state index in [2.05, 4.69) is 10.6 Å². The van der Waals surface area contributed by atoms with E-state index in [-0.39, 0.29) is 18.5 Å². The van der Waals surface area contributed by atoms with Crippen molar-refractivity contribution in [3.05, 3.63) is 0 Å². The SMILES string of the molecule is COCCCNC(=O)CNC(C)CS(C)=O. The largest absolute Gasteiger partial charge is 0.385 e. The molecular weight excluding hydrogens is 228 g/mol. The Balaban J connectivity index is 3.45. The van der Waals surface area contributed by atoms with Crippen molar-refractivity contribution in [3.8, 4) is 0 Å². The van der Waals surface area contributed by atoms with E-state index < -0.39 is 10.8 Å². The Morgan fingerprint density at radius 3 is 2.75 bits per heavy atom. The fourth-order valence-electron chi connectivity index (χ4n) is 1.18. The van der Waals surface area contributed by atoms with Gasteiger partial charge in [-0.15, -0.1) is 0 Å². The maximum absolute atomic E-state index is 11.3. The second-order valence-electron chi connectivity index (χ2n) is 3.72. The van der Waals surface area contributed by atoms with Crippen LogP contribution in [-0.2, 0) is 20.3 Å². The monoisotopic (exact) mass is 250 g/mol. The zero-order chi connectivity index (χ0) is 12.4. The van der Waals surface area contributed by atoms with Gasteiger partial charge in [0.1, 0.15) is 0 Å². The number of hydrogen-bond acceptors (Lipinski definition) is 4. The molecule has 0 aromatic heterocycles. The van der Waals surface area contributed by atoms with Crippen molar-refractivity contribution in [3.63, 3.8) is 0 Å². The molecule has 0 aromatic carbocycles. The summed E-state index contributed by atoms with van der Waals surface area (Å²) in [4.78, 5) is 11.3. The summed E-state index contributed by atoms with van der Waals surface area (Å²) in [6.45, 7) is 3.46. The van der Waals surface area contributed by atoms with E-state index in [1.54, 1.807) is 13.4 Å². The van der Waals surface area contributed by atoms with Gasteiger partial charge in [-0.2, -0.15) is 0 Å². The lowest BCUT2D eigenvalue weighted by Gasteiger charge is -2.12. The highest BCUT2D eigenvalue weighted by molar-refractivity contribution is 7.84. The van der Waals surface area contributed by atoms with Gasteiger partial charge < -0.3 is 15.4 Å². The molecule has 1 amide bonds. The van der Waals surface area contributed by atoms with Crippen LogP contribution < -0.4 is 10.6 Å². The quantitative estimate of drug-likeness (QED) is 0.541. The minimum atomic E-state index is -0.829. The molecule has 0 rings (SSSR count). The second kappa shape index (κ2) is 9.74. The summed E-state index contributed by atoms with van der Waals surface area (Å²) >= 11 is 0. The maximum Gasteiger partial charge on any atom is 0.233 e. The van der Waals surface area contributed by atoms with Crippen molar-refractivity contribution in [2.45, 2.75) is 19.4 Å². The topological polar surface area (TPSA) is 67.4 Å². The highest BCUT2D eigenvalue weighted by atomic mass is 32.2. The van der Waals surface area contributed by atoms with Crippen molar-refractivity contribution >= 4 is 16.7 Å². The third kappa shape index (κ3) is 10.1. The van der Waals surface area contributed by atoms with Crippen LogP contribution in [0.1, 0.15) is 13.3 Å². The van der Waals surface area contributed by atoms with Crippen LogP contribution in [-0.4, -0.2) is 55.0 Å². The summed E-state index contributed by atoms with van der Waals surface area (Å²) in [6.07, 6.45) is 2.47. The number of methoxy groups -OCH3 is 1. The molecule has 2 N–H and O–H groups in total. The molecule has 5 nitrogen and oxygen atoms in total. The molecule has 6 heteroatoms. The Hall–Kier alpha value is -0.460. The van der Waals surface area contributed by atoms with Gasteiger partial charge in [0, 0.05) is 49.1 Å². The molecule has 16 heavy (non-hydrogen) atoms. The predicted molar refractivity (Wildman–Crippen MR) is 65.9 cm³/mol.